The zero-order valence-corrected chi connectivity index (χ0v) is 14.1. The lowest BCUT2D eigenvalue weighted by Crippen LogP contribution is -2.11. The Hall–Kier alpha value is -1.14. The highest BCUT2D eigenvalue weighted by atomic mass is 79.9. The van der Waals surface area contributed by atoms with Crippen LogP contribution in [0.3, 0.4) is 0 Å². The smallest absolute Gasteiger partial charge is 0.268 e. The maximum Gasteiger partial charge on any atom is 0.268 e. The molecule has 0 saturated heterocycles. The summed E-state index contributed by atoms with van der Waals surface area (Å²) in [6.45, 7) is 0. The second-order valence-electron chi connectivity index (χ2n) is 5.54. The Morgan fingerprint density at radius 2 is 2.24 bits per heavy atom. The Kier molecular flexibility index (Phi) is 4.75. The van der Waals surface area contributed by atoms with E-state index in [0.717, 1.165) is 22.5 Å². The van der Waals surface area contributed by atoms with Crippen molar-refractivity contribution in [1.29, 1.82) is 0 Å². The van der Waals surface area contributed by atoms with E-state index in [2.05, 4.69) is 31.4 Å². The highest BCUT2D eigenvalue weighted by Gasteiger charge is 2.16. The van der Waals surface area contributed by atoms with Gasteiger partial charge in [0, 0.05) is 16.2 Å². The summed E-state index contributed by atoms with van der Waals surface area (Å²) >= 11 is 4.79. The fourth-order valence-corrected chi connectivity index (χ4v) is 4.31. The molecule has 1 saturated carbocycles. The lowest BCUT2D eigenvalue weighted by atomic mass is 9.86. The molecule has 1 aliphatic carbocycles. The summed E-state index contributed by atoms with van der Waals surface area (Å²) in [5.41, 5.74) is 1.11. The van der Waals surface area contributed by atoms with Gasteiger partial charge < -0.3 is 5.32 Å². The Bertz CT molecular complexity index is 616. The number of hydrogen-bond acceptors (Lipinski definition) is 3. The maximum absolute atomic E-state index is 12.1. The molecular formula is C15H18BrN3OS. The molecule has 0 aliphatic heterocycles. The van der Waals surface area contributed by atoms with E-state index in [9.17, 15) is 4.79 Å². The van der Waals surface area contributed by atoms with Gasteiger partial charge in [0.1, 0.15) is 4.88 Å². The van der Waals surface area contributed by atoms with Crippen LogP contribution in [0.5, 0.6) is 0 Å². The number of carbonyl (C=O) groups excluding carboxylic acids is 1. The van der Waals surface area contributed by atoms with Crippen molar-refractivity contribution in [1.82, 2.24) is 10.2 Å². The first-order valence-electron chi connectivity index (χ1n) is 7.31. The van der Waals surface area contributed by atoms with Gasteiger partial charge in [0.25, 0.3) is 5.91 Å². The lowest BCUT2D eigenvalue weighted by molar-refractivity contribution is 0.102. The van der Waals surface area contributed by atoms with E-state index in [0.29, 0.717) is 10.7 Å². The summed E-state index contributed by atoms with van der Waals surface area (Å²) in [6, 6.07) is 3.83. The number of amides is 1. The number of rotatable bonds is 4. The summed E-state index contributed by atoms with van der Waals surface area (Å²) in [4.78, 5) is 12.8. The van der Waals surface area contributed by atoms with Crippen molar-refractivity contribution >= 4 is 39.0 Å². The molecular weight excluding hydrogens is 350 g/mol. The minimum atomic E-state index is -0.118. The van der Waals surface area contributed by atoms with Crippen LogP contribution in [0.25, 0.3) is 0 Å². The van der Waals surface area contributed by atoms with Crippen LogP contribution >= 0.6 is 27.3 Å². The SMILES string of the molecule is O=C(Nc1cc(CC2CCCCC2)[nH]n1)c1sccc1Br. The van der Waals surface area contributed by atoms with Gasteiger partial charge in [-0.1, -0.05) is 32.1 Å². The molecule has 21 heavy (non-hydrogen) atoms. The van der Waals surface area contributed by atoms with Gasteiger partial charge in [-0.3, -0.25) is 9.89 Å². The molecule has 6 heteroatoms. The van der Waals surface area contributed by atoms with Crippen LogP contribution in [0, 0.1) is 5.92 Å². The average molecular weight is 368 g/mol. The van der Waals surface area contributed by atoms with Crippen LogP contribution < -0.4 is 5.32 Å². The summed E-state index contributed by atoms with van der Waals surface area (Å²) in [6.07, 6.45) is 7.71. The topological polar surface area (TPSA) is 57.8 Å². The van der Waals surface area contributed by atoms with Crippen LogP contribution in [-0.2, 0) is 6.42 Å². The second kappa shape index (κ2) is 6.75. The highest BCUT2D eigenvalue weighted by Crippen LogP contribution is 2.27. The number of halogens is 1. The molecule has 0 bridgehead atoms. The molecule has 0 unspecified atom stereocenters. The first-order chi connectivity index (χ1) is 10.2. The van der Waals surface area contributed by atoms with E-state index in [1.54, 1.807) is 0 Å². The fraction of sp³-hybridized carbons (Fsp3) is 0.467. The Morgan fingerprint density at radius 1 is 1.43 bits per heavy atom. The van der Waals surface area contributed by atoms with Crippen molar-refractivity contribution in [3.05, 3.63) is 32.6 Å². The number of aromatic nitrogens is 2. The quantitative estimate of drug-likeness (QED) is 0.828. The van der Waals surface area contributed by atoms with Gasteiger partial charge in [0.15, 0.2) is 5.82 Å². The van der Waals surface area contributed by atoms with E-state index in [-0.39, 0.29) is 5.91 Å². The molecule has 2 N–H and O–H groups in total. The van der Waals surface area contributed by atoms with Crippen molar-refractivity contribution in [2.45, 2.75) is 38.5 Å². The molecule has 0 spiro atoms. The van der Waals surface area contributed by atoms with E-state index in [1.165, 1.54) is 43.4 Å². The van der Waals surface area contributed by atoms with Crippen LogP contribution in [0.2, 0.25) is 0 Å². The Morgan fingerprint density at radius 3 is 2.95 bits per heavy atom. The average Bonchev–Trinajstić information content (AvgIpc) is 3.09. The molecule has 1 fully saturated rings. The van der Waals surface area contributed by atoms with Crippen molar-refractivity contribution in [3.8, 4) is 0 Å². The van der Waals surface area contributed by atoms with E-state index in [1.807, 2.05) is 17.5 Å². The zero-order chi connectivity index (χ0) is 14.7. The minimum Gasteiger partial charge on any atom is -0.304 e. The van der Waals surface area contributed by atoms with Gasteiger partial charge in [0.2, 0.25) is 0 Å². The van der Waals surface area contributed by atoms with Gasteiger partial charge in [-0.15, -0.1) is 11.3 Å². The van der Waals surface area contributed by atoms with Crippen LogP contribution in [0.15, 0.2) is 22.0 Å². The minimum absolute atomic E-state index is 0.118. The molecule has 3 rings (SSSR count). The maximum atomic E-state index is 12.1. The molecule has 112 valence electrons. The van der Waals surface area contributed by atoms with Gasteiger partial charge in [0.05, 0.1) is 0 Å². The molecule has 2 aromatic heterocycles. The molecule has 0 radical (unpaired) electrons. The number of nitrogens with one attached hydrogen (secondary N) is 2. The van der Waals surface area contributed by atoms with Crippen LogP contribution in [0.1, 0.15) is 47.5 Å². The summed E-state index contributed by atoms with van der Waals surface area (Å²) < 4.78 is 0.822. The lowest BCUT2D eigenvalue weighted by Gasteiger charge is -2.20. The van der Waals surface area contributed by atoms with E-state index >= 15 is 0 Å². The number of hydrogen-bond donors (Lipinski definition) is 2. The van der Waals surface area contributed by atoms with Crippen molar-refractivity contribution < 1.29 is 4.79 Å². The first kappa shape index (κ1) is 14.8. The fourth-order valence-electron chi connectivity index (χ4n) is 2.86. The van der Waals surface area contributed by atoms with Crippen molar-refractivity contribution in [3.63, 3.8) is 0 Å². The molecule has 1 aliphatic rings. The van der Waals surface area contributed by atoms with Gasteiger partial charge in [-0.25, -0.2) is 0 Å². The number of anilines is 1. The summed E-state index contributed by atoms with van der Waals surface area (Å²) in [7, 11) is 0. The third-order valence-corrected chi connectivity index (χ3v) is 5.77. The number of H-pyrrole nitrogens is 1. The molecule has 2 aromatic rings. The molecule has 0 aromatic carbocycles. The zero-order valence-electron chi connectivity index (χ0n) is 11.7. The van der Waals surface area contributed by atoms with Crippen molar-refractivity contribution in [2.24, 2.45) is 5.92 Å². The standard InChI is InChI=1S/C15H18BrN3OS/c16-12-6-7-21-14(12)15(20)17-13-9-11(18-19-13)8-10-4-2-1-3-5-10/h6-7,9-10H,1-5,8H2,(H2,17,18,19,20). The normalized spacial score (nSPS) is 16.0. The monoisotopic (exact) mass is 367 g/mol. The van der Waals surface area contributed by atoms with E-state index in [4.69, 9.17) is 0 Å². The number of nitrogens with zero attached hydrogens (tertiary/aromatic N) is 1. The third kappa shape index (κ3) is 3.74. The third-order valence-electron chi connectivity index (χ3n) is 3.93. The largest absolute Gasteiger partial charge is 0.304 e. The summed E-state index contributed by atoms with van der Waals surface area (Å²) in [5.74, 6) is 1.24. The highest BCUT2D eigenvalue weighted by molar-refractivity contribution is 9.10. The van der Waals surface area contributed by atoms with Gasteiger partial charge in [-0.05, 0) is 39.7 Å². The van der Waals surface area contributed by atoms with Crippen LogP contribution in [-0.4, -0.2) is 16.1 Å². The number of thiophene rings is 1. The van der Waals surface area contributed by atoms with Crippen LogP contribution in [0.4, 0.5) is 5.82 Å². The van der Waals surface area contributed by atoms with Gasteiger partial charge >= 0.3 is 0 Å². The molecule has 0 atom stereocenters. The molecule has 4 nitrogen and oxygen atoms in total. The number of carbonyl (C=O) groups is 1. The molecule has 1 amide bonds. The van der Waals surface area contributed by atoms with Gasteiger partial charge in [-0.2, -0.15) is 5.10 Å². The first-order valence-corrected chi connectivity index (χ1v) is 8.98. The predicted molar refractivity (Wildman–Crippen MR) is 88.8 cm³/mol. The van der Waals surface area contributed by atoms with E-state index < -0.39 is 0 Å². The Balaban J connectivity index is 1.60. The Labute approximate surface area is 136 Å². The number of aromatic amines is 1. The predicted octanol–water partition coefficient (Wildman–Crippen LogP) is 4.61. The van der Waals surface area contributed by atoms with Crippen molar-refractivity contribution in [2.75, 3.05) is 5.32 Å². The summed E-state index contributed by atoms with van der Waals surface area (Å²) in [5, 5.41) is 12.0. The molecule has 2 heterocycles. The second-order valence-corrected chi connectivity index (χ2v) is 7.31.